The molecule has 4 heteroatoms. The van der Waals surface area contributed by atoms with Gasteiger partial charge in [-0.25, -0.2) is 0 Å². The van der Waals surface area contributed by atoms with Gasteiger partial charge in [-0.1, -0.05) is 25.5 Å². The quantitative estimate of drug-likeness (QED) is 0.592. The molecule has 1 aromatic carbocycles. The average Bonchev–Trinajstić information content (AvgIpc) is 2.28. The first-order valence-corrected chi connectivity index (χ1v) is 6.40. The van der Waals surface area contributed by atoms with Gasteiger partial charge in [-0.15, -0.1) is 11.8 Å². The second-order valence-corrected chi connectivity index (χ2v) is 4.48. The molecule has 3 nitrogen and oxygen atoms in total. The fourth-order valence-corrected chi connectivity index (χ4v) is 1.96. The van der Waals surface area contributed by atoms with Gasteiger partial charge in [0, 0.05) is 11.4 Å². The number of hydrogen-bond acceptors (Lipinski definition) is 3. The van der Waals surface area contributed by atoms with E-state index in [-0.39, 0.29) is 11.7 Å². The minimum atomic E-state index is 0.0155. The first-order chi connectivity index (χ1) is 7.74. The van der Waals surface area contributed by atoms with Crippen LogP contribution in [0, 0.1) is 0 Å². The molecular formula is C12H17NO2S. The zero-order valence-corrected chi connectivity index (χ0v) is 10.2. The maximum absolute atomic E-state index is 11.4. The summed E-state index contributed by atoms with van der Waals surface area (Å²) < 4.78 is 0. The summed E-state index contributed by atoms with van der Waals surface area (Å²) in [5.41, 5.74) is 0. The normalized spacial score (nSPS) is 10.1. The van der Waals surface area contributed by atoms with Gasteiger partial charge in [0.2, 0.25) is 5.91 Å². The van der Waals surface area contributed by atoms with Crippen molar-refractivity contribution in [2.75, 3.05) is 12.3 Å². The van der Waals surface area contributed by atoms with Crippen LogP contribution in [-0.2, 0) is 4.79 Å². The molecule has 0 unspecified atom stereocenters. The highest BCUT2D eigenvalue weighted by Gasteiger charge is 2.04. The molecule has 16 heavy (non-hydrogen) atoms. The first-order valence-electron chi connectivity index (χ1n) is 5.41. The number of amides is 1. The van der Waals surface area contributed by atoms with Gasteiger partial charge in [0.05, 0.1) is 5.75 Å². The third-order valence-corrected chi connectivity index (χ3v) is 3.14. The van der Waals surface area contributed by atoms with E-state index in [1.807, 2.05) is 6.07 Å². The van der Waals surface area contributed by atoms with Crippen LogP contribution in [0.25, 0.3) is 0 Å². The third-order valence-electron chi connectivity index (χ3n) is 2.08. The van der Waals surface area contributed by atoms with E-state index in [1.54, 1.807) is 18.2 Å². The number of phenols is 1. The lowest BCUT2D eigenvalue weighted by molar-refractivity contribution is -0.118. The van der Waals surface area contributed by atoms with Crippen molar-refractivity contribution in [3.05, 3.63) is 24.3 Å². The molecule has 88 valence electrons. The lowest BCUT2D eigenvalue weighted by atomic mass is 10.3. The van der Waals surface area contributed by atoms with E-state index in [1.165, 1.54) is 11.8 Å². The van der Waals surface area contributed by atoms with Crippen LogP contribution in [0.15, 0.2) is 29.2 Å². The Morgan fingerprint density at radius 3 is 2.88 bits per heavy atom. The highest BCUT2D eigenvalue weighted by molar-refractivity contribution is 8.00. The molecule has 0 saturated carbocycles. The summed E-state index contributed by atoms with van der Waals surface area (Å²) in [6.07, 6.45) is 2.08. The number of carbonyl (C=O) groups excluding carboxylic acids is 1. The predicted octanol–water partition coefficient (Wildman–Crippen LogP) is 2.40. The molecule has 0 aliphatic rings. The number of para-hydroxylation sites is 1. The summed E-state index contributed by atoms with van der Waals surface area (Å²) in [6, 6.07) is 7.04. The maximum Gasteiger partial charge on any atom is 0.230 e. The number of unbranched alkanes of at least 4 members (excludes halogenated alkanes) is 1. The summed E-state index contributed by atoms with van der Waals surface area (Å²) in [5.74, 6) is 0.594. The van der Waals surface area contributed by atoms with Crippen LogP contribution in [0.1, 0.15) is 19.8 Å². The van der Waals surface area contributed by atoms with Gasteiger partial charge in [0.1, 0.15) is 5.75 Å². The Bertz CT molecular complexity index is 342. The predicted molar refractivity (Wildman–Crippen MR) is 66.7 cm³/mol. The molecule has 1 rings (SSSR count). The van der Waals surface area contributed by atoms with Crippen LogP contribution in [-0.4, -0.2) is 23.3 Å². The van der Waals surface area contributed by atoms with Crippen LogP contribution in [0.2, 0.25) is 0 Å². The maximum atomic E-state index is 11.4. The Labute approximate surface area is 100 Å². The highest BCUT2D eigenvalue weighted by atomic mass is 32.2. The smallest absolute Gasteiger partial charge is 0.230 e. The molecule has 1 aromatic rings. The monoisotopic (exact) mass is 239 g/mol. The Balaban J connectivity index is 2.29. The number of carbonyl (C=O) groups is 1. The van der Waals surface area contributed by atoms with Gasteiger partial charge < -0.3 is 10.4 Å². The largest absolute Gasteiger partial charge is 0.507 e. The minimum absolute atomic E-state index is 0.0155. The van der Waals surface area contributed by atoms with E-state index < -0.39 is 0 Å². The Hall–Kier alpha value is -1.16. The molecule has 0 radical (unpaired) electrons. The fourth-order valence-electron chi connectivity index (χ4n) is 1.18. The lowest BCUT2D eigenvalue weighted by Crippen LogP contribution is -2.25. The van der Waals surface area contributed by atoms with Crippen molar-refractivity contribution >= 4 is 17.7 Å². The van der Waals surface area contributed by atoms with Gasteiger partial charge in [-0.3, -0.25) is 4.79 Å². The average molecular weight is 239 g/mol. The van der Waals surface area contributed by atoms with E-state index >= 15 is 0 Å². The van der Waals surface area contributed by atoms with Crippen molar-refractivity contribution in [1.29, 1.82) is 0 Å². The summed E-state index contributed by atoms with van der Waals surface area (Å²) in [5, 5.41) is 12.3. The Kier molecular flexibility index (Phi) is 5.78. The van der Waals surface area contributed by atoms with Crippen molar-refractivity contribution in [2.45, 2.75) is 24.7 Å². The standard InChI is InChI=1S/C12H17NO2S/c1-2-3-8-13-12(15)9-16-11-7-5-4-6-10(11)14/h4-7,14H,2-3,8-9H2,1H3,(H,13,15). The van der Waals surface area contributed by atoms with Crippen LogP contribution >= 0.6 is 11.8 Å². The van der Waals surface area contributed by atoms with Gasteiger partial charge in [0.15, 0.2) is 0 Å². The van der Waals surface area contributed by atoms with Crippen molar-refractivity contribution in [3.8, 4) is 5.75 Å². The summed E-state index contributed by atoms with van der Waals surface area (Å²) in [6.45, 7) is 2.82. The van der Waals surface area contributed by atoms with E-state index in [0.29, 0.717) is 5.75 Å². The fraction of sp³-hybridized carbons (Fsp3) is 0.417. The number of thioether (sulfide) groups is 1. The molecule has 0 saturated heterocycles. The van der Waals surface area contributed by atoms with Crippen molar-refractivity contribution in [2.24, 2.45) is 0 Å². The summed E-state index contributed by atoms with van der Waals surface area (Å²) >= 11 is 1.35. The number of aromatic hydroxyl groups is 1. The molecule has 0 bridgehead atoms. The second-order valence-electron chi connectivity index (χ2n) is 3.46. The molecule has 2 N–H and O–H groups in total. The minimum Gasteiger partial charge on any atom is -0.507 e. The molecule has 0 heterocycles. The summed E-state index contributed by atoms with van der Waals surface area (Å²) in [7, 11) is 0. The van der Waals surface area contributed by atoms with Gasteiger partial charge >= 0.3 is 0 Å². The van der Waals surface area contributed by atoms with Crippen LogP contribution in [0.4, 0.5) is 0 Å². The number of hydrogen-bond donors (Lipinski definition) is 2. The highest BCUT2D eigenvalue weighted by Crippen LogP contribution is 2.27. The lowest BCUT2D eigenvalue weighted by Gasteiger charge is -2.05. The molecular weight excluding hydrogens is 222 g/mol. The zero-order chi connectivity index (χ0) is 11.8. The molecule has 0 spiro atoms. The number of benzene rings is 1. The second kappa shape index (κ2) is 7.17. The molecule has 0 fully saturated rings. The molecule has 0 aliphatic carbocycles. The van der Waals surface area contributed by atoms with E-state index in [2.05, 4.69) is 12.2 Å². The zero-order valence-electron chi connectivity index (χ0n) is 9.40. The van der Waals surface area contributed by atoms with Crippen LogP contribution in [0.3, 0.4) is 0 Å². The molecule has 0 atom stereocenters. The van der Waals surface area contributed by atoms with Crippen molar-refractivity contribution in [1.82, 2.24) is 5.32 Å². The van der Waals surface area contributed by atoms with Gasteiger partial charge in [-0.2, -0.15) is 0 Å². The van der Waals surface area contributed by atoms with Crippen LogP contribution in [0.5, 0.6) is 5.75 Å². The molecule has 0 aliphatic heterocycles. The van der Waals surface area contributed by atoms with Crippen LogP contribution < -0.4 is 5.32 Å². The SMILES string of the molecule is CCCCNC(=O)CSc1ccccc1O. The molecule has 1 amide bonds. The number of phenolic OH excluding ortho intramolecular Hbond substituents is 1. The first kappa shape index (κ1) is 12.9. The number of rotatable bonds is 6. The van der Waals surface area contributed by atoms with E-state index in [9.17, 15) is 9.90 Å². The topological polar surface area (TPSA) is 49.3 Å². The number of nitrogens with one attached hydrogen (secondary N) is 1. The Morgan fingerprint density at radius 1 is 1.44 bits per heavy atom. The van der Waals surface area contributed by atoms with Crippen molar-refractivity contribution in [3.63, 3.8) is 0 Å². The van der Waals surface area contributed by atoms with Gasteiger partial charge in [0.25, 0.3) is 0 Å². The van der Waals surface area contributed by atoms with E-state index in [4.69, 9.17) is 0 Å². The van der Waals surface area contributed by atoms with Crippen molar-refractivity contribution < 1.29 is 9.90 Å². The third kappa shape index (κ3) is 4.57. The van der Waals surface area contributed by atoms with Gasteiger partial charge in [-0.05, 0) is 18.6 Å². The Morgan fingerprint density at radius 2 is 2.19 bits per heavy atom. The summed E-state index contributed by atoms with van der Waals surface area (Å²) in [4.78, 5) is 12.1. The molecule has 0 aromatic heterocycles. The van der Waals surface area contributed by atoms with E-state index in [0.717, 1.165) is 24.3 Å².